The molecule has 0 unspecified atom stereocenters. The second-order valence-corrected chi connectivity index (χ2v) is 8.71. The minimum atomic E-state index is -4.49. The van der Waals surface area contributed by atoms with Crippen molar-refractivity contribution in [3.8, 4) is 5.69 Å². The standard InChI is InChI=1S/C25H23ClF3N3O2/c1-14-7-9-20(13-22(14)26)32-16(3)23(15(2)31-32)17-8-10-21(11-17)34-24(33)30-19-6-4-5-18(12-19)25(27,28)29/h4-10,12-13,17,21H,11H2,1-3H3,(H,30,33)/t17-,21-/m1/s1. The Morgan fingerprint density at radius 3 is 2.62 bits per heavy atom. The molecule has 4 rings (SSSR count). The summed E-state index contributed by atoms with van der Waals surface area (Å²) in [5.74, 6) is -0.0129. The zero-order valence-electron chi connectivity index (χ0n) is 18.8. The summed E-state index contributed by atoms with van der Waals surface area (Å²) in [7, 11) is 0. The molecule has 9 heteroatoms. The molecule has 2 aromatic carbocycles. The minimum absolute atomic E-state index is 0.0129. The number of benzene rings is 2. The molecule has 0 bridgehead atoms. The molecular weight excluding hydrogens is 467 g/mol. The summed E-state index contributed by atoms with van der Waals surface area (Å²) in [6, 6.07) is 10.2. The first-order valence-electron chi connectivity index (χ1n) is 10.7. The number of anilines is 1. The number of amides is 1. The van der Waals surface area contributed by atoms with Gasteiger partial charge in [-0.1, -0.05) is 29.8 Å². The minimum Gasteiger partial charge on any atom is -0.442 e. The number of hydrogen-bond acceptors (Lipinski definition) is 3. The molecule has 0 saturated carbocycles. The van der Waals surface area contributed by atoms with Crippen LogP contribution in [0.4, 0.5) is 23.7 Å². The van der Waals surface area contributed by atoms with Gasteiger partial charge in [-0.3, -0.25) is 5.32 Å². The average Bonchev–Trinajstić information content (AvgIpc) is 3.32. The lowest BCUT2D eigenvalue weighted by atomic mass is 9.96. The maximum atomic E-state index is 12.9. The molecule has 1 heterocycles. The number of carbonyl (C=O) groups is 1. The van der Waals surface area contributed by atoms with Gasteiger partial charge >= 0.3 is 12.3 Å². The van der Waals surface area contributed by atoms with Crippen molar-refractivity contribution < 1.29 is 22.7 Å². The number of aryl methyl sites for hydroxylation is 2. The fourth-order valence-electron chi connectivity index (χ4n) is 4.18. The summed E-state index contributed by atoms with van der Waals surface area (Å²) in [5.41, 5.74) is 3.87. The van der Waals surface area contributed by atoms with Crippen molar-refractivity contribution in [2.75, 3.05) is 5.32 Å². The highest BCUT2D eigenvalue weighted by molar-refractivity contribution is 6.31. The average molecular weight is 490 g/mol. The number of rotatable bonds is 4. The largest absolute Gasteiger partial charge is 0.442 e. The first kappa shape index (κ1) is 23.9. The second-order valence-electron chi connectivity index (χ2n) is 8.30. The van der Waals surface area contributed by atoms with E-state index >= 15 is 0 Å². The van der Waals surface area contributed by atoms with Crippen molar-refractivity contribution in [2.24, 2.45) is 0 Å². The van der Waals surface area contributed by atoms with Crippen LogP contribution in [0.15, 0.2) is 54.6 Å². The zero-order chi connectivity index (χ0) is 24.6. The number of halogens is 4. The third kappa shape index (κ3) is 4.97. The van der Waals surface area contributed by atoms with Crippen LogP contribution in [0.25, 0.3) is 5.69 Å². The zero-order valence-corrected chi connectivity index (χ0v) is 19.5. The van der Waals surface area contributed by atoms with E-state index in [1.165, 1.54) is 12.1 Å². The summed E-state index contributed by atoms with van der Waals surface area (Å²) < 4.78 is 45.9. The van der Waals surface area contributed by atoms with E-state index in [4.69, 9.17) is 16.3 Å². The lowest BCUT2D eigenvalue weighted by molar-refractivity contribution is -0.137. The van der Waals surface area contributed by atoms with E-state index in [0.29, 0.717) is 11.4 Å². The Bertz CT molecular complexity index is 1270. The van der Waals surface area contributed by atoms with Gasteiger partial charge in [-0.05, 0) is 69.2 Å². The Morgan fingerprint density at radius 2 is 1.91 bits per heavy atom. The Morgan fingerprint density at radius 1 is 1.15 bits per heavy atom. The molecule has 0 spiro atoms. The Balaban J connectivity index is 1.43. The van der Waals surface area contributed by atoms with Crippen molar-refractivity contribution in [1.29, 1.82) is 0 Å². The van der Waals surface area contributed by atoms with E-state index in [9.17, 15) is 18.0 Å². The molecule has 178 valence electrons. The van der Waals surface area contributed by atoms with Crippen molar-refractivity contribution >= 4 is 23.4 Å². The van der Waals surface area contributed by atoms with E-state index in [1.54, 1.807) is 6.08 Å². The molecule has 0 radical (unpaired) electrons. The predicted octanol–water partition coefficient (Wildman–Crippen LogP) is 7.13. The fourth-order valence-corrected chi connectivity index (χ4v) is 4.36. The summed E-state index contributed by atoms with van der Waals surface area (Å²) in [6.07, 6.45) is -1.55. The molecule has 5 nitrogen and oxygen atoms in total. The summed E-state index contributed by atoms with van der Waals surface area (Å²) >= 11 is 6.28. The molecule has 0 saturated heterocycles. The molecule has 3 aromatic rings. The third-order valence-electron chi connectivity index (χ3n) is 5.86. The molecule has 1 amide bonds. The summed E-state index contributed by atoms with van der Waals surface area (Å²) in [4.78, 5) is 12.3. The number of aromatic nitrogens is 2. The molecule has 1 aliphatic rings. The lowest BCUT2D eigenvalue weighted by Crippen LogP contribution is -2.20. The maximum Gasteiger partial charge on any atom is 0.416 e. The van der Waals surface area contributed by atoms with E-state index in [-0.39, 0.29) is 11.6 Å². The number of carbonyl (C=O) groups excluding carboxylic acids is 1. The van der Waals surface area contributed by atoms with Crippen LogP contribution in [-0.4, -0.2) is 22.0 Å². The highest BCUT2D eigenvalue weighted by Gasteiger charge is 2.31. The van der Waals surface area contributed by atoms with Crippen LogP contribution >= 0.6 is 11.6 Å². The van der Waals surface area contributed by atoms with E-state index in [2.05, 4.69) is 10.4 Å². The van der Waals surface area contributed by atoms with Gasteiger partial charge in [-0.25, -0.2) is 9.48 Å². The molecule has 34 heavy (non-hydrogen) atoms. The number of ether oxygens (including phenoxy) is 1. The molecule has 1 aromatic heterocycles. The van der Waals surface area contributed by atoms with Crippen molar-refractivity contribution in [1.82, 2.24) is 9.78 Å². The van der Waals surface area contributed by atoms with Crippen molar-refractivity contribution in [3.63, 3.8) is 0 Å². The van der Waals surface area contributed by atoms with Gasteiger partial charge in [0.25, 0.3) is 0 Å². The number of nitrogens with one attached hydrogen (secondary N) is 1. The number of allylic oxidation sites excluding steroid dienone is 1. The Labute approximate surface area is 200 Å². The smallest absolute Gasteiger partial charge is 0.416 e. The van der Waals surface area contributed by atoms with E-state index < -0.39 is 23.9 Å². The molecule has 0 fully saturated rings. The van der Waals surface area contributed by atoms with Crippen LogP contribution in [0.5, 0.6) is 0 Å². The summed E-state index contributed by atoms with van der Waals surface area (Å²) in [6.45, 7) is 5.84. The van der Waals surface area contributed by atoms with Gasteiger partial charge < -0.3 is 4.74 Å². The fraction of sp³-hybridized carbons (Fsp3) is 0.280. The van der Waals surface area contributed by atoms with Crippen LogP contribution in [0, 0.1) is 20.8 Å². The van der Waals surface area contributed by atoms with E-state index in [1.807, 2.05) is 49.7 Å². The normalized spacial score (nSPS) is 17.7. The van der Waals surface area contributed by atoms with Gasteiger partial charge in [0.15, 0.2) is 0 Å². The Kier molecular flexibility index (Phi) is 6.45. The van der Waals surface area contributed by atoms with Crippen LogP contribution < -0.4 is 5.32 Å². The predicted molar refractivity (Wildman–Crippen MR) is 125 cm³/mol. The molecular formula is C25H23ClF3N3O2. The second kappa shape index (κ2) is 9.18. The van der Waals surface area contributed by atoms with Gasteiger partial charge in [-0.15, -0.1) is 0 Å². The highest BCUT2D eigenvalue weighted by atomic mass is 35.5. The topological polar surface area (TPSA) is 56.2 Å². The number of nitrogens with zero attached hydrogens (tertiary/aromatic N) is 2. The monoisotopic (exact) mass is 489 g/mol. The van der Waals surface area contributed by atoms with Gasteiger partial charge in [0, 0.05) is 27.9 Å². The molecule has 1 N–H and O–H groups in total. The lowest BCUT2D eigenvalue weighted by Gasteiger charge is -2.15. The van der Waals surface area contributed by atoms with Gasteiger partial charge in [0.05, 0.1) is 16.9 Å². The third-order valence-corrected chi connectivity index (χ3v) is 6.26. The van der Waals surface area contributed by atoms with Crippen LogP contribution in [0.2, 0.25) is 5.02 Å². The van der Waals surface area contributed by atoms with Crippen molar-refractivity contribution in [2.45, 2.75) is 45.4 Å². The quantitative estimate of drug-likeness (QED) is 0.396. The first-order chi connectivity index (χ1) is 16.0. The van der Waals surface area contributed by atoms with Gasteiger partial charge in [0.1, 0.15) is 6.10 Å². The molecule has 2 atom stereocenters. The highest BCUT2D eigenvalue weighted by Crippen LogP contribution is 2.35. The van der Waals surface area contributed by atoms with E-state index in [0.717, 1.165) is 40.3 Å². The molecule has 0 aliphatic heterocycles. The van der Waals surface area contributed by atoms with Gasteiger partial charge in [-0.2, -0.15) is 18.3 Å². The summed E-state index contributed by atoms with van der Waals surface area (Å²) in [5, 5.41) is 7.71. The van der Waals surface area contributed by atoms with Crippen molar-refractivity contribution in [3.05, 3.63) is 87.7 Å². The number of hydrogen-bond donors (Lipinski definition) is 1. The maximum absolute atomic E-state index is 12.9. The van der Waals surface area contributed by atoms with Crippen LogP contribution in [0.1, 0.15) is 40.4 Å². The first-order valence-corrected chi connectivity index (χ1v) is 11.1. The Hall–Kier alpha value is -3.26. The molecule has 1 aliphatic carbocycles. The van der Waals surface area contributed by atoms with Crippen LogP contribution in [0.3, 0.4) is 0 Å². The number of alkyl halides is 3. The van der Waals surface area contributed by atoms with Gasteiger partial charge in [0.2, 0.25) is 0 Å². The SMILES string of the molecule is Cc1ccc(-n2nc(C)c([C@@H]3C=C[C@@H](OC(=O)Nc4cccc(C(F)(F)F)c4)C3)c2C)cc1Cl. The van der Waals surface area contributed by atoms with Crippen LogP contribution in [-0.2, 0) is 10.9 Å².